The van der Waals surface area contributed by atoms with E-state index in [-0.39, 0.29) is 29.3 Å². The summed E-state index contributed by atoms with van der Waals surface area (Å²) >= 11 is 0. The summed E-state index contributed by atoms with van der Waals surface area (Å²) in [6.07, 6.45) is 1.68. The average molecular weight is 412 g/mol. The molecule has 1 fully saturated rings. The molecule has 0 spiro atoms. The molecule has 0 radical (unpaired) electrons. The maximum absolute atomic E-state index is 13.0. The Morgan fingerprint density at radius 2 is 1.83 bits per heavy atom. The van der Waals surface area contributed by atoms with Crippen molar-refractivity contribution < 1.29 is 14.8 Å². The minimum Gasteiger partial charge on any atom is -0.502 e. The Morgan fingerprint density at radius 1 is 1.20 bits per heavy atom. The molecular formula is C23H29N3O4. The van der Waals surface area contributed by atoms with Crippen LogP contribution in [-0.4, -0.2) is 40.0 Å². The number of nitro groups is 1. The van der Waals surface area contributed by atoms with Crippen LogP contribution in [0.3, 0.4) is 0 Å². The number of nitrogens with zero attached hydrogens (tertiary/aromatic N) is 3. The first-order valence-corrected chi connectivity index (χ1v) is 10.3. The van der Waals surface area contributed by atoms with Gasteiger partial charge in [0.1, 0.15) is 0 Å². The number of carbonyl (C=O) groups is 1. The van der Waals surface area contributed by atoms with Crippen LogP contribution in [0.25, 0.3) is 0 Å². The molecule has 0 unspecified atom stereocenters. The van der Waals surface area contributed by atoms with Crippen molar-refractivity contribution in [3.63, 3.8) is 0 Å². The van der Waals surface area contributed by atoms with Gasteiger partial charge in [0.2, 0.25) is 5.91 Å². The summed E-state index contributed by atoms with van der Waals surface area (Å²) in [6, 6.07) is 12.7. The fourth-order valence-corrected chi connectivity index (χ4v) is 3.91. The van der Waals surface area contributed by atoms with E-state index in [0.29, 0.717) is 6.54 Å². The number of piperidine rings is 1. The van der Waals surface area contributed by atoms with Crippen LogP contribution in [-0.2, 0) is 11.3 Å². The van der Waals surface area contributed by atoms with Gasteiger partial charge in [-0.3, -0.25) is 19.8 Å². The Hall–Kier alpha value is -2.93. The number of phenols is 1. The van der Waals surface area contributed by atoms with E-state index in [1.807, 2.05) is 49.9 Å². The second-order valence-corrected chi connectivity index (χ2v) is 8.29. The lowest BCUT2D eigenvalue weighted by Gasteiger charge is -2.39. The maximum Gasteiger partial charge on any atom is 0.311 e. The van der Waals surface area contributed by atoms with Crippen LogP contribution in [0.5, 0.6) is 5.75 Å². The van der Waals surface area contributed by atoms with Gasteiger partial charge in [0.15, 0.2) is 5.75 Å². The molecule has 1 saturated heterocycles. The number of anilines is 1. The summed E-state index contributed by atoms with van der Waals surface area (Å²) < 4.78 is 0. The van der Waals surface area contributed by atoms with Crippen LogP contribution in [0.4, 0.5) is 11.4 Å². The van der Waals surface area contributed by atoms with Crippen molar-refractivity contribution in [3.05, 3.63) is 63.7 Å². The molecule has 0 atom stereocenters. The summed E-state index contributed by atoms with van der Waals surface area (Å²) in [7, 11) is 0. The van der Waals surface area contributed by atoms with E-state index < -0.39 is 4.92 Å². The number of likely N-dealkylation sites (tertiary alicyclic amines) is 1. The molecule has 0 aliphatic carbocycles. The lowest BCUT2D eigenvalue weighted by atomic mass is 9.99. The van der Waals surface area contributed by atoms with Gasteiger partial charge in [0, 0.05) is 43.3 Å². The molecule has 1 aliphatic rings. The fraction of sp³-hybridized carbons (Fsp3) is 0.435. The summed E-state index contributed by atoms with van der Waals surface area (Å²) in [5.41, 5.74) is 2.63. The van der Waals surface area contributed by atoms with Gasteiger partial charge >= 0.3 is 5.69 Å². The Labute approximate surface area is 177 Å². The molecule has 1 aliphatic heterocycles. The Balaban J connectivity index is 1.69. The van der Waals surface area contributed by atoms with Crippen molar-refractivity contribution in [3.8, 4) is 5.75 Å². The molecule has 160 valence electrons. The number of nitro benzene ring substituents is 1. The highest BCUT2D eigenvalue weighted by molar-refractivity contribution is 5.95. The van der Waals surface area contributed by atoms with Crippen molar-refractivity contribution in [1.29, 1.82) is 0 Å². The van der Waals surface area contributed by atoms with E-state index in [1.165, 1.54) is 12.1 Å². The third-order valence-electron chi connectivity index (χ3n) is 5.61. The van der Waals surface area contributed by atoms with E-state index >= 15 is 0 Å². The van der Waals surface area contributed by atoms with E-state index in [9.17, 15) is 20.0 Å². The largest absolute Gasteiger partial charge is 0.502 e. The summed E-state index contributed by atoms with van der Waals surface area (Å²) in [5, 5.41) is 20.7. The Kier molecular flexibility index (Phi) is 6.72. The topological polar surface area (TPSA) is 86.9 Å². The number of rotatable bonds is 6. The van der Waals surface area contributed by atoms with Crippen molar-refractivity contribution in [2.24, 2.45) is 5.92 Å². The summed E-state index contributed by atoms with van der Waals surface area (Å²) in [5.74, 6) is -0.267. The molecule has 7 heteroatoms. The Morgan fingerprint density at radius 3 is 2.40 bits per heavy atom. The number of carbonyl (C=O) groups excluding carboxylic acids is 1. The second-order valence-electron chi connectivity index (χ2n) is 8.29. The molecule has 1 N–H and O–H groups in total. The molecule has 0 aromatic heterocycles. The quantitative estimate of drug-likeness (QED) is 0.567. The number of aromatic hydroxyl groups is 1. The Bertz CT molecular complexity index is 903. The molecular weight excluding hydrogens is 382 g/mol. The van der Waals surface area contributed by atoms with Crippen molar-refractivity contribution in [2.45, 2.75) is 46.2 Å². The van der Waals surface area contributed by atoms with E-state index in [1.54, 1.807) is 6.07 Å². The molecule has 0 saturated carbocycles. The molecule has 3 rings (SSSR count). The molecule has 7 nitrogen and oxygen atoms in total. The van der Waals surface area contributed by atoms with Crippen LogP contribution >= 0.6 is 0 Å². The van der Waals surface area contributed by atoms with Crippen LogP contribution in [0.2, 0.25) is 0 Å². The number of hydrogen-bond acceptors (Lipinski definition) is 5. The second kappa shape index (κ2) is 9.26. The van der Waals surface area contributed by atoms with Gasteiger partial charge in [-0.1, -0.05) is 37.6 Å². The standard InChI is InChI=1S/C23H29N3O4/c1-16(2)23(28)25(19-7-4-17(3)5-8-19)20-10-12-24(13-11-20)15-18-6-9-22(27)21(14-18)26(29)30/h4-9,14,16,20,27H,10-13,15H2,1-3H3. The predicted octanol–water partition coefficient (Wildman–Crippen LogP) is 4.26. The zero-order valence-corrected chi connectivity index (χ0v) is 17.7. The van der Waals surface area contributed by atoms with Gasteiger partial charge in [-0.2, -0.15) is 0 Å². The van der Waals surface area contributed by atoms with Crippen molar-refractivity contribution in [2.75, 3.05) is 18.0 Å². The molecule has 2 aromatic rings. The SMILES string of the molecule is Cc1ccc(N(C(=O)C(C)C)C2CCN(Cc3ccc(O)c([N+](=O)[O-])c3)CC2)cc1. The lowest BCUT2D eigenvalue weighted by molar-refractivity contribution is -0.385. The maximum atomic E-state index is 13.0. The normalized spacial score (nSPS) is 15.3. The van der Waals surface area contributed by atoms with Gasteiger partial charge in [-0.15, -0.1) is 0 Å². The summed E-state index contributed by atoms with van der Waals surface area (Å²) in [6.45, 7) is 8.06. The zero-order chi connectivity index (χ0) is 21.8. The highest BCUT2D eigenvalue weighted by Gasteiger charge is 2.30. The first-order chi connectivity index (χ1) is 14.3. The number of aryl methyl sites for hydroxylation is 1. The number of phenolic OH excluding ortho intramolecular Hbond substituents is 1. The highest BCUT2D eigenvalue weighted by Crippen LogP contribution is 2.29. The molecule has 30 heavy (non-hydrogen) atoms. The number of amides is 1. The molecule has 1 heterocycles. The predicted molar refractivity (Wildman–Crippen MR) is 117 cm³/mol. The molecule has 0 bridgehead atoms. The smallest absolute Gasteiger partial charge is 0.311 e. The molecule has 2 aromatic carbocycles. The first kappa shape index (κ1) is 21.8. The molecule has 1 amide bonds. The summed E-state index contributed by atoms with van der Waals surface area (Å²) in [4.78, 5) is 27.6. The third kappa shape index (κ3) is 4.97. The van der Waals surface area contributed by atoms with Crippen molar-refractivity contribution >= 4 is 17.3 Å². The first-order valence-electron chi connectivity index (χ1n) is 10.3. The minimum absolute atomic E-state index is 0.0816. The average Bonchev–Trinajstić information content (AvgIpc) is 2.72. The van der Waals surface area contributed by atoms with E-state index in [0.717, 1.165) is 42.7 Å². The van der Waals surface area contributed by atoms with Gasteiger partial charge in [0.05, 0.1) is 4.92 Å². The highest BCUT2D eigenvalue weighted by atomic mass is 16.6. The van der Waals surface area contributed by atoms with Crippen LogP contribution in [0, 0.1) is 23.0 Å². The van der Waals surface area contributed by atoms with Crippen LogP contribution in [0.15, 0.2) is 42.5 Å². The minimum atomic E-state index is -0.567. The van der Waals surface area contributed by atoms with Gasteiger partial charge in [-0.05, 0) is 43.5 Å². The lowest BCUT2D eigenvalue weighted by Crippen LogP contribution is -2.48. The monoisotopic (exact) mass is 411 g/mol. The van der Waals surface area contributed by atoms with Gasteiger partial charge in [0.25, 0.3) is 0 Å². The number of benzene rings is 2. The third-order valence-corrected chi connectivity index (χ3v) is 5.61. The number of hydrogen-bond donors (Lipinski definition) is 1. The van der Waals surface area contributed by atoms with Gasteiger partial charge in [-0.25, -0.2) is 0 Å². The van der Waals surface area contributed by atoms with Crippen LogP contribution in [0.1, 0.15) is 37.8 Å². The van der Waals surface area contributed by atoms with E-state index in [2.05, 4.69) is 4.90 Å². The van der Waals surface area contributed by atoms with Gasteiger partial charge < -0.3 is 10.0 Å². The zero-order valence-electron chi connectivity index (χ0n) is 17.7. The van der Waals surface area contributed by atoms with Crippen LogP contribution < -0.4 is 4.90 Å². The fourth-order valence-electron chi connectivity index (χ4n) is 3.91. The van der Waals surface area contributed by atoms with Crippen molar-refractivity contribution in [1.82, 2.24) is 4.90 Å². The van der Waals surface area contributed by atoms with E-state index in [4.69, 9.17) is 0 Å².